The number of thioether (sulfide) groups is 1. The van der Waals surface area contributed by atoms with Crippen LogP contribution in [-0.4, -0.2) is 43.5 Å². The highest BCUT2D eigenvalue weighted by Crippen LogP contribution is 2.37. The van der Waals surface area contributed by atoms with Gasteiger partial charge in [0.2, 0.25) is 0 Å². The largest absolute Gasteiger partial charge is 0.417 e. The molecule has 0 aliphatic carbocycles. The Hall–Kier alpha value is -0.0231. The van der Waals surface area contributed by atoms with Crippen LogP contribution in [0.5, 0.6) is 0 Å². The third kappa shape index (κ3) is 6.62. The molecule has 0 aromatic rings. The van der Waals surface area contributed by atoms with Gasteiger partial charge in [0.05, 0.1) is 0 Å². The average molecular weight is 360 g/mol. The molecule has 0 spiro atoms. The van der Waals surface area contributed by atoms with Gasteiger partial charge in [-0.2, -0.15) is 0 Å². The maximum Gasteiger partial charge on any atom is 0.191 e. The van der Waals surface area contributed by atoms with Crippen molar-refractivity contribution in [2.24, 2.45) is 11.8 Å². The molecular formula is C17H33NOS2Si. The van der Waals surface area contributed by atoms with Gasteiger partial charge in [0, 0.05) is 31.9 Å². The average Bonchev–Trinajstić information content (AvgIpc) is 2.35. The van der Waals surface area contributed by atoms with Crippen LogP contribution in [0.2, 0.25) is 18.1 Å². The first-order valence-electron chi connectivity index (χ1n) is 7.81. The van der Waals surface area contributed by atoms with E-state index in [2.05, 4.69) is 53.6 Å². The number of thiocarbonyl (C=S) groups is 1. The topological polar surface area (TPSA) is 12.5 Å². The fraction of sp³-hybridized carbons (Fsp3) is 0.824. The quantitative estimate of drug-likeness (QED) is 0.381. The maximum absolute atomic E-state index is 6.33. The zero-order valence-corrected chi connectivity index (χ0v) is 18.3. The molecule has 0 fully saturated rings. The summed E-state index contributed by atoms with van der Waals surface area (Å²) >= 11 is 7.05. The Bertz CT molecular complexity index is 410. The van der Waals surface area contributed by atoms with Crippen molar-refractivity contribution in [2.45, 2.75) is 58.0 Å². The molecule has 0 saturated carbocycles. The maximum atomic E-state index is 6.33. The van der Waals surface area contributed by atoms with Gasteiger partial charge in [0.1, 0.15) is 4.32 Å². The summed E-state index contributed by atoms with van der Waals surface area (Å²) in [5, 5.41) is 0.517. The molecule has 0 bridgehead atoms. The molecule has 0 saturated heterocycles. The molecular weight excluding hydrogens is 326 g/mol. The van der Waals surface area contributed by atoms with Crippen molar-refractivity contribution in [3.05, 3.63) is 0 Å². The predicted molar refractivity (Wildman–Crippen MR) is 108 cm³/mol. The molecule has 5 heteroatoms. The standard InChI is InChI=1S/C17H33NOS2Si/c1-11-15(14(3)21-16(20)18(7)8)13(2)12-19-22(9,10)17(4,5)6/h1,13-15H,12H2,2-10H3/t13-,14?,15?/m0/s1. The number of nitrogens with zero attached hydrogens (tertiary/aromatic N) is 1. The molecule has 0 radical (unpaired) electrons. The lowest BCUT2D eigenvalue weighted by Gasteiger charge is -2.38. The summed E-state index contributed by atoms with van der Waals surface area (Å²) in [6.45, 7) is 16.4. The Kier molecular flexibility index (Phi) is 8.71. The fourth-order valence-electron chi connectivity index (χ4n) is 1.76. The van der Waals surface area contributed by atoms with E-state index in [4.69, 9.17) is 23.1 Å². The van der Waals surface area contributed by atoms with Gasteiger partial charge in [-0.15, -0.1) is 12.3 Å². The number of hydrogen-bond donors (Lipinski definition) is 0. The highest BCUT2D eigenvalue weighted by atomic mass is 32.2. The summed E-state index contributed by atoms with van der Waals surface area (Å²) in [6, 6.07) is 0. The van der Waals surface area contributed by atoms with Gasteiger partial charge in [0.25, 0.3) is 0 Å². The SMILES string of the molecule is C#CC(C(C)SC(=S)N(C)C)[C@@H](C)CO[Si](C)(C)C(C)(C)C. The normalized spacial score (nSPS) is 16.5. The van der Waals surface area contributed by atoms with E-state index in [0.29, 0.717) is 5.92 Å². The van der Waals surface area contributed by atoms with Crippen LogP contribution < -0.4 is 0 Å². The van der Waals surface area contributed by atoms with Crippen LogP contribution in [0.1, 0.15) is 34.6 Å². The second kappa shape index (κ2) is 8.72. The third-order valence-electron chi connectivity index (χ3n) is 4.48. The fourth-order valence-corrected chi connectivity index (χ4v) is 4.35. The van der Waals surface area contributed by atoms with Crippen molar-refractivity contribution in [1.29, 1.82) is 0 Å². The molecule has 0 amide bonds. The Morgan fingerprint density at radius 2 is 1.82 bits per heavy atom. The second-order valence-corrected chi connectivity index (χ2v) is 14.5. The first-order valence-corrected chi connectivity index (χ1v) is 12.0. The van der Waals surface area contributed by atoms with Gasteiger partial charge in [-0.3, -0.25) is 0 Å². The van der Waals surface area contributed by atoms with Crippen LogP contribution in [0, 0.1) is 24.2 Å². The molecule has 3 atom stereocenters. The molecule has 2 unspecified atom stereocenters. The lowest BCUT2D eigenvalue weighted by atomic mass is 9.93. The van der Waals surface area contributed by atoms with Crippen molar-refractivity contribution < 1.29 is 4.43 Å². The van der Waals surface area contributed by atoms with E-state index in [1.807, 2.05) is 19.0 Å². The second-order valence-electron chi connectivity index (χ2n) is 7.72. The van der Waals surface area contributed by atoms with E-state index < -0.39 is 8.32 Å². The lowest BCUT2D eigenvalue weighted by molar-refractivity contribution is 0.212. The van der Waals surface area contributed by atoms with Crippen LogP contribution in [-0.2, 0) is 4.43 Å². The van der Waals surface area contributed by atoms with Crippen LogP contribution in [0.3, 0.4) is 0 Å². The summed E-state index contributed by atoms with van der Waals surface area (Å²) in [5.74, 6) is 3.44. The number of terminal acetylenes is 1. The molecule has 0 heterocycles. The highest BCUT2D eigenvalue weighted by Gasteiger charge is 2.38. The van der Waals surface area contributed by atoms with Crippen LogP contribution in [0.4, 0.5) is 0 Å². The van der Waals surface area contributed by atoms with Gasteiger partial charge < -0.3 is 9.33 Å². The molecule has 0 aliphatic heterocycles. The zero-order valence-electron chi connectivity index (χ0n) is 15.7. The van der Waals surface area contributed by atoms with Crippen molar-refractivity contribution in [3.63, 3.8) is 0 Å². The molecule has 2 nitrogen and oxygen atoms in total. The van der Waals surface area contributed by atoms with Gasteiger partial charge in [-0.25, -0.2) is 0 Å². The van der Waals surface area contributed by atoms with Crippen molar-refractivity contribution in [1.82, 2.24) is 4.90 Å². The minimum Gasteiger partial charge on any atom is -0.417 e. The predicted octanol–water partition coefficient (Wildman–Crippen LogP) is 4.86. The van der Waals surface area contributed by atoms with Gasteiger partial charge in [-0.1, -0.05) is 58.6 Å². The van der Waals surface area contributed by atoms with E-state index in [9.17, 15) is 0 Å². The van der Waals surface area contributed by atoms with E-state index in [1.54, 1.807) is 11.8 Å². The molecule has 0 aliphatic rings. The molecule has 0 N–H and O–H groups in total. The molecule has 128 valence electrons. The summed E-state index contributed by atoms with van der Waals surface area (Å²) in [5.41, 5.74) is 0. The van der Waals surface area contributed by atoms with Gasteiger partial charge in [0.15, 0.2) is 8.32 Å². The Balaban J connectivity index is 4.71. The summed E-state index contributed by atoms with van der Waals surface area (Å²) in [4.78, 5) is 1.96. The van der Waals surface area contributed by atoms with E-state index >= 15 is 0 Å². The number of rotatable bonds is 6. The highest BCUT2D eigenvalue weighted by molar-refractivity contribution is 8.23. The van der Waals surface area contributed by atoms with Crippen molar-refractivity contribution in [2.75, 3.05) is 20.7 Å². The Labute approximate surface area is 148 Å². The van der Waals surface area contributed by atoms with Crippen LogP contribution in [0.15, 0.2) is 0 Å². The molecule has 0 aromatic heterocycles. The van der Waals surface area contributed by atoms with Gasteiger partial charge >= 0.3 is 0 Å². The summed E-state index contributed by atoms with van der Waals surface area (Å²) < 4.78 is 7.21. The minimum absolute atomic E-state index is 0.160. The third-order valence-corrected chi connectivity index (χ3v) is 10.9. The first-order chi connectivity index (χ1) is 9.83. The zero-order chi connectivity index (χ0) is 17.7. The van der Waals surface area contributed by atoms with Crippen LogP contribution in [0.25, 0.3) is 0 Å². The summed E-state index contributed by atoms with van der Waals surface area (Å²) in [6.07, 6.45) is 5.79. The van der Waals surface area contributed by atoms with Crippen LogP contribution >= 0.6 is 24.0 Å². The molecule has 0 aromatic carbocycles. The monoisotopic (exact) mass is 359 g/mol. The Morgan fingerprint density at radius 1 is 1.32 bits per heavy atom. The smallest absolute Gasteiger partial charge is 0.191 e. The van der Waals surface area contributed by atoms with Crippen molar-refractivity contribution >= 4 is 36.6 Å². The summed E-state index contributed by atoms with van der Waals surface area (Å²) in [7, 11) is 2.22. The lowest BCUT2D eigenvalue weighted by Crippen LogP contribution is -2.42. The molecule has 0 rings (SSSR count). The van der Waals surface area contributed by atoms with E-state index in [1.165, 1.54) is 0 Å². The molecule has 22 heavy (non-hydrogen) atoms. The van der Waals surface area contributed by atoms with Gasteiger partial charge in [-0.05, 0) is 24.1 Å². The minimum atomic E-state index is -1.72. The first kappa shape index (κ1) is 22.0. The van der Waals surface area contributed by atoms with Crippen molar-refractivity contribution in [3.8, 4) is 12.3 Å². The van der Waals surface area contributed by atoms with E-state index in [-0.39, 0.29) is 16.2 Å². The van der Waals surface area contributed by atoms with E-state index in [0.717, 1.165) is 10.9 Å². The number of hydrogen-bond acceptors (Lipinski definition) is 3. The Morgan fingerprint density at radius 3 is 2.18 bits per heavy atom.